The van der Waals surface area contributed by atoms with E-state index in [1.165, 1.54) is 5.56 Å². The van der Waals surface area contributed by atoms with Crippen molar-refractivity contribution < 1.29 is 4.79 Å². The van der Waals surface area contributed by atoms with E-state index in [0.29, 0.717) is 16.6 Å². The van der Waals surface area contributed by atoms with E-state index >= 15 is 0 Å². The van der Waals surface area contributed by atoms with Gasteiger partial charge in [-0.3, -0.25) is 9.69 Å². The largest absolute Gasteiger partial charge is 0.326 e. The van der Waals surface area contributed by atoms with E-state index < -0.39 is 0 Å². The minimum atomic E-state index is -0.0173. The second-order valence-corrected chi connectivity index (χ2v) is 7.44. The summed E-state index contributed by atoms with van der Waals surface area (Å²) in [6, 6.07) is 13.4. The number of halogens is 2. The first kappa shape index (κ1) is 18.2. The highest BCUT2D eigenvalue weighted by atomic mass is 35.5. The lowest BCUT2D eigenvalue weighted by Crippen LogP contribution is -2.40. The number of benzene rings is 2. The van der Waals surface area contributed by atoms with Crippen LogP contribution >= 0.6 is 23.2 Å². The van der Waals surface area contributed by atoms with E-state index in [4.69, 9.17) is 23.2 Å². The zero-order valence-corrected chi connectivity index (χ0v) is 15.8. The van der Waals surface area contributed by atoms with Crippen molar-refractivity contribution in [2.24, 2.45) is 5.92 Å². The first-order valence-corrected chi connectivity index (χ1v) is 9.31. The van der Waals surface area contributed by atoms with Crippen molar-refractivity contribution in [2.45, 2.75) is 26.3 Å². The highest BCUT2D eigenvalue weighted by Crippen LogP contribution is 2.28. The molecule has 2 aromatic rings. The third kappa shape index (κ3) is 4.75. The van der Waals surface area contributed by atoms with Crippen LogP contribution in [-0.4, -0.2) is 23.9 Å². The highest BCUT2D eigenvalue weighted by molar-refractivity contribution is 6.35. The average Bonchev–Trinajstić information content (AvgIpc) is 2.60. The van der Waals surface area contributed by atoms with Gasteiger partial charge in [-0.15, -0.1) is 0 Å². The van der Waals surface area contributed by atoms with Gasteiger partial charge in [0, 0.05) is 34.4 Å². The van der Waals surface area contributed by atoms with Gasteiger partial charge in [-0.1, -0.05) is 47.0 Å². The van der Waals surface area contributed by atoms with Gasteiger partial charge in [0.1, 0.15) is 0 Å². The van der Waals surface area contributed by atoms with Crippen LogP contribution in [0, 0.1) is 12.8 Å². The minimum absolute atomic E-state index is 0.0173. The van der Waals surface area contributed by atoms with Gasteiger partial charge >= 0.3 is 0 Å². The maximum absolute atomic E-state index is 12.6. The fraction of sp³-hybridized carbons (Fsp3) is 0.350. The Morgan fingerprint density at radius 2 is 1.84 bits per heavy atom. The lowest BCUT2D eigenvalue weighted by molar-refractivity contribution is -0.121. The van der Waals surface area contributed by atoms with Crippen molar-refractivity contribution in [1.29, 1.82) is 0 Å². The number of rotatable bonds is 4. The standard InChI is InChI=1S/C20H22Cl2N2O/c1-14-7-9-16(10-8-14)23-20(25)15-4-3-11-24(12-15)13-17-18(21)5-2-6-19(17)22/h2,5-10,15H,3-4,11-13H2,1H3,(H,23,25)/t15-/m1/s1. The Morgan fingerprint density at radius 1 is 1.16 bits per heavy atom. The molecule has 1 N–H and O–H groups in total. The summed E-state index contributed by atoms with van der Waals surface area (Å²) in [5.74, 6) is 0.0649. The molecule has 1 heterocycles. The quantitative estimate of drug-likeness (QED) is 0.799. The summed E-state index contributed by atoms with van der Waals surface area (Å²) >= 11 is 12.6. The molecular formula is C20H22Cl2N2O. The van der Waals surface area contributed by atoms with Gasteiger partial charge in [-0.05, 0) is 50.6 Å². The lowest BCUT2D eigenvalue weighted by Gasteiger charge is -2.32. The van der Waals surface area contributed by atoms with Crippen LogP contribution in [0.5, 0.6) is 0 Å². The van der Waals surface area contributed by atoms with Gasteiger partial charge in [0.15, 0.2) is 0 Å². The van der Waals surface area contributed by atoms with Gasteiger partial charge in [0.05, 0.1) is 5.92 Å². The summed E-state index contributed by atoms with van der Waals surface area (Å²) in [5.41, 5.74) is 2.96. The van der Waals surface area contributed by atoms with E-state index in [1.54, 1.807) is 0 Å². The summed E-state index contributed by atoms with van der Waals surface area (Å²) in [6.07, 6.45) is 1.90. The molecule has 0 aliphatic carbocycles. The minimum Gasteiger partial charge on any atom is -0.326 e. The van der Waals surface area contributed by atoms with Crippen molar-refractivity contribution in [2.75, 3.05) is 18.4 Å². The van der Waals surface area contributed by atoms with E-state index in [1.807, 2.05) is 49.4 Å². The predicted molar refractivity (Wildman–Crippen MR) is 104 cm³/mol. The van der Waals surface area contributed by atoms with E-state index in [-0.39, 0.29) is 11.8 Å². The second kappa shape index (κ2) is 8.22. The predicted octanol–water partition coefficient (Wildman–Crippen LogP) is 5.15. The maximum Gasteiger partial charge on any atom is 0.228 e. The molecule has 1 aliphatic heterocycles. The average molecular weight is 377 g/mol. The molecule has 0 saturated carbocycles. The smallest absolute Gasteiger partial charge is 0.228 e. The number of aryl methyl sites for hydroxylation is 1. The van der Waals surface area contributed by atoms with Gasteiger partial charge in [0.2, 0.25) is 5.91 Å². The first-order valence-electron chi connectivity index (χ1n) is 8.55. The van der Waals surface area contributed by atoms with E-state index in [2.05, 4.69) is 10.2 Å². The van der Waals surface area contributed by atoms with Gasteiger partial charge in [-0.25, -0.2) is 0 Å². The Morgan fingerprint density at radius 3 is 2.52 bits per heavy atom. The van der Waals surface area contributed by atoms with Crippen LogP contribution in [0.2, 0.25) is 10.0 Å². The number of carbonyl (C=O) groups is 1. The van der Waals surface area contributed by atoms with Crippen molar-refractivity contribution in [1.82, 2.24) is 4.90 Å². The number of nitrogens with one attached hydrogen (secondary N) is 1. The maximum atomic E-state index is 12.6. The molecule has 25 heavy (non-hydrogen) atoms. The molecule has 5 heteroatoms. The summed E-state index contributed by atoms with van der Waals surface area (Å²) in [4.78, 5) is 14.9. The number of piperidine rings is 1. The van der Waals surface area contributed by atoms with Crippen LogP contribution in [0.15, 0.2) is 42.5 Å². The highest BCUT2D eigenvalue weighted by Gasteiger charge is 2.26. The number of anilines is 1. The molecule has 1 amide bonds. The van der Waals surface area contributed by atoms with E-state index in [0.717, 1.165) is 37.2 Å². The monoisotopic (exact) mass is 376 g/mol. The van der Waals surface area contributed by atoms with Gasteiger partial charge in [0.25, 0.3) is 0 Å². The lowest BCUT2D eigenvalue weighted by atomic mass is 9.96. The number of hydrogen-bond donors (Lipinski definition) is 1. The fourth-order valence-electron chi connectivity index (χ4n) is 3.20. The Hall–Kier alpha value is -1.55. The van der Waals surface area contributed by atoms with Crippen LogP contribution in [0.4, 0.5) is 5.69 Å². The van der Waals surface area contributed by atoms with Crippen LogP contribution in [0.1, 0.15) is 24.0 Å². The first-order chi connectivity index (χ1) is 12.0. The third-order valence-corrected chi connectivity index (χ3v) is 5.35. The SMILES string of the molecule is Cc1ccc(NC(=O)[C@@H]2CCCN(Cc3c(Cl)cccc3Cl)C2)cc1. The Balaban J connectivity index is 1.62. The van der Waals surface area contributed by atoms with Crippen LogP contribution in [0.25, 0.3) is 0 Å². The van der Waals surface area contributed by atoms with Crippen molar-refractivity contribution in [3.8, 4) is 0 Å². The molecule has 132 valence electrons. The molecule has 0 radical (unpaired) electrons. The van der Waals surface area contributed by atoms with E-state index in [9.17, 15) is 4.79 Å². The van der Waals surface area contributed by atoms with Gasteiger partial charge < -0.3 is 5.32 Å². The topological polar surface area (TPSA) is 32.3 Å². The van der Waals surface area contributed by atoms with Crippen LogP contribution in [-0.2, 0) is 11.3 Å². The zero-order valence-electron chi connectivity index (χ0n) is 14.3. The Labute approximate surface area is 158 Å². The molecular weight excluding hydrogens is 355 g/mol. The van der Waals surface area contributed by atoms with Crippen molar-refractivity contribution in [3.05, 3.63) is 63.6 Å². The number of amides is 1. The molecule has 2 aromatic carbocycles. The molecule has 1 fully saturated rings. The molecule has 0 bridgehead atoms. The number of carbonyl (C=O) groups excluding carboxylic acids is 1. The normalized spacial score (nSPS) is 18.1. The molecule has 1 aliphatic rings. The molecule has 1 atom stereocenters. The third-order valence-electron chi connectivity index (χ3n) is 4.64. The van der Waals surface area contributed by atoms with Gasteiger partial charge in [-0.2, -0.15) is 0 Å². The Kier molecular flexibility index (Phi) is 6.00. The fourth-order valence-corrected chi connectivity index (χ4v) is 3.72. The molecule has 0 spiro atoms. The van der Waals surface area contributed by atoms with Crippen molar-refractivity contribution >= 4 is 34.8 Å². The summed E-state index contributed by atoms with van der Waals surface area (Å²) < 4.78 is 0. The molecule has 3 rings (SSSR count). The van der Waals surface area contributed by atoms with Crippen LogP contribution in [0.3, 0.4) is 0 Å². The second-order valence-electron chi connectivity index (χ2n) is 6.63. The number of nitrogens with zero attached hydrogens (tertiary/aromatic N) is 1. The summed E-state index contributed by atoms with van der Waals surface area (Å²) in [5, 5.41) is 4.39. The summed E-state index contributed by atoms with van der Waals surface area (Å²) in [7, 11) is 0. The van der Waals surface area contributed by atoms with Crippen LogP contribution < -0.4 is 5.32 Å². The summed E-state index contributed by atoms with van der Waals surface area (Å²) in [6.45, 7) is 4.38. The van der Waals surface area contributed by atoms with Crippen molar-refractivity contribution in [3.63, 3.8) is 0 Å². The number of hydrogen-bond acceptors (Lipinski definition) is 2. The Bertz CT molecular complexity index is 726. The molecule has 3 nitrogen and oxygen atoms in total. The zero-order chi connectivity index (χ0) is 17.8. The molecule has 0 aromatic heterocycles. The molecule has 0 unspecified atom stereocenters. The number of likely N-dealkylation sites (tertiary alicyclic amines) is 1. The molecule has 1 saturated heterocycles.